The molecule has 3 amide bonds. The van der Waals surface area contributed by atoms with Crippen LogP contribution in [-0.4, -0.2) is 81.7 Å². The van der Waals surface area contributed by atoms with Gasteiger partial charge in [0.15, 0.2) is 15.0 Å². The van der Waals surface area contributed by atoms with E-state index in [4.69, 9.17) is 4.74 Å². The molecule has 0 atom stereocenters. The van der Waals surface area contributed by atoms with Crippen LogP contribution in [0.2, 0.25) is 0 Å². The number of amides is 3. The van der Waals surface area contributed by atoms with E-state index in [9.17, 15) is 22.8 Å². The number of fused-ring (bicyclic) bond motifs is 1. The monoisotopic (exact) mass is 578 g/mol. The summed E-state index contributed by atoms with van der Waals surface area (Å²) in [6.07, 6.45) is 1.43. The Morgan fingerprint density at radius 1 is 1.08 bits per heavy atom. The number of hydrogen-bond acceptors (Lipinski definition) is 9. The van der Waals surface area contributed by atoms with Gasteiger partial charge in [0, 0.05) is 50.8 Å². The Morgan fingerprint density at radius 2 is 1.76 bits per heavy atom. The number of halogens is 1. The van der Waals surface area contributed by atoms with Crippen molar-refractivity contribution in [2.75, 3.05) is 55.4 Å². The molecule has 202 valence electrons. The van der Waals surface area contributed by atoms with Crippen molar-refractivity contribution in [3.63, 3.8) is 0 Å². The summed E-state index contributed by atoms with van der Waals surface area (Å²) in [4.78, 5) is 47.9. The number of morpholine rings is 1. The molecule has 0 N–H and O–H groups in total. The third-order valence-electron chi connectivity index (χ3n) is 6.39. The minimum Gasteiger partial charge on any atom is -0.379 e. The van der Waals surface area contributed by atoms with Gasteiger partial charge in [0.05, 0.1) is 28.5 Å². The topological polar surface area (TPSA) is 117 Å². The maximum absolute atomic E-state index is 13.8. The number of anilines is 2. The van der Waals surface area contributed by atoms with Gasteiger partial charge in [-0.05, 0) is 30.3 Å². The van der Waals surface area contributed by atoms with Crippen molar-refractivity contribution in [1.82, 2.24) is 9.88 Å². The first kappa shape index (κ1) is 28.1. The Kier molecular flexibility index (Phi) is 8.48. The molecule has 3 heterocycles. The van der Waals surface area contributed by atoms with Crippen LogP contribution in [0.5, 0.6) is 0 Å². The average Bonchev–Trinajstić information content (AvgIpc) is 3.46. The third-order valence-corrected chi connectivity index (χ3v) is 8.56. The van der Waals surface area contributed by atoms with Gasteiger partial charge < -0.3 is 4.74 Å². The molecule has 38 heavy (non-hydrogen) atoms. The quantitative estimate of drug-likeness (QED) is 0.393. The number of para-hydroxylation sites is 1. The van der Waals surface area contributed by atoms with E-state index in [0.717, 1.165) is 24.2 Å². The minimum atomic E-state index is -3.52. The van der Waals surface area contributed by atoms with E-state index in [1.54, 1.807) is 41.3 Å². The zero-order chi connectivity index (χ0) is 26.2. The molecule has 2 saturated heterocycles. The Morgan fingerprint density at radius 3 is 2.45 bits per heavy atom. The van der Waals surface area contributed by atoms with Crippen molar-refractivity contribution in [3.05, 3.63) is 48.0 Å². The molecule has 13 heteroatoms. The smallest absolute Gasteiger partial charge is 0.260 e. The molecule has 5 rings (SSSR count). The Bertz CT molecular complexity index is 1470. The van der Waals surface area contributed by atoms with Gasteiger partial charge >= 0.3 is 0 Å². The highest BCUT2D eigenvalue weighted by Crippen LogP contribution is 2.34. The summed E-state index contributed by atoms with van der Waals surface area (Å²) in [5.74, 6) is -0.939. The van der Waals surface area contributed by atoms with Gasteiger partial charge in [0.25, 0.3) is 5.91 Å². The fourth-order valence-electron chi connectivity index (χ4n) is 4.47. The highest BCUT2D eigenvalue weighted by molar-refractivity contribution is 7.91. The van der Waals surface area contributed by atoms with Crippen LogP contribution in [0, 0.1) is 0 Å². The standard InChI is InChI=1S/C25H26N4O6S2.ClH/c1-37(33,34)20-7-3-6-19-23(20)26-25(36-19)28(11-10-27-12-14-35-15-13-27)24(32)17-4-2-5-18(16-17)29-21(30)8-9-22(29)31;/h2-7,16H,8-15H2,1H3;1H. The predicted octanol–water partition coefficient (Wildman–Crippen LogP) is 2.75. The summed E-state index contributed by atoms with van der Waals surface area (Å²) in [5, 5.41) is 0.378. The fraction of sp³-hybridized carbons (Fsp3) is 0.360. The average molecular weight is 579 g/mol. The molecular formula is C25H27ClN4O6S2. The first-order valence-corrected chi connectivity index (χ1v) is 14.6. The van der Waals surface area contributed by atoms with Crippen LogP contribution < -0.4 is 9.80 Å². The molecule has 2 aromatic carbocycles. The van der Waals surface area contributed by atoms with E-state index in [-0.39, 0.29) is 47.9 Å². The zero-order valence-electron chi connectivity index (χ0n) is 20.7. The van der Waals surface area contributed by atoms with Crippen LogP contribution in [-0.2, 0) is 24.2 Å². The van der Waals surface area contributed by atoms with Crippen molar-refractivity contribution in [2.24, 2.45) is 0 Å². The highest BCUT2D eigenvalue weighted by atomic mass is 35.5. The van der Waals surface area contributed by atoms with Gasteiger partial charge in [-0.25, -0.2) is 13.4 Å². The molecule has 2 aliphatic rings. The van der Waals surface area contributed by atoms with E-state index in [1.807, 2.05) is 0 Å². The lowest BCUT2D eigenvalue weighted by atomic mass is 10.1. The fourth-order valence-corrected chi connectivity index (χ4v) is 6.39. The minimum absolute atomic E-state index is 0. The lowest BCUT2D eigenvalue weighted by molar-refractivity contribution is -0.121. The number of benzene rings is 2. The zero-order valence-corrected chi connectivity index (χ0v) is 23.1. The molecule has 0 bridgehead atoms. The van der Waals surface area contributed by atoms with Crippen molar-refractivity contribution >= 4 is 72.3 Å². The second kappa shape index (κ2) is 11.5. The molecule has 0 radical (unpaired) electrons. The van der Waals surface area contributed by atoms with E-state index in [2.05, 4.69) is 9.88 Å². The molecule has 3 aromatic rings. The Labute approximate surface area is 230 Å². The SMILES string of the molecule is CS(=O)(=O)c1cccc2sc(N(CCN3CCOCC3)C(=O)c3cccc(N4C(=O)CCC4=O)c3)nc12.Cl. The number of rotatable bonds is 7. The van der Waals surface area contributed by atoms with Gasteiger partial charge in [0.2, 0.25) is 11.8 Å². The van der Waals surface area contributed by atoms with Crippen LogP contribution in [0.1, 0.15) is 23.2 Å². The number of ether oxygens (including phenoxy) is 1. The summed E-state index contributed by atoms with van der Waals surface area (Å²) in [5.41, 5.74) is 0.987. The van der Waals surface area contributed by atoms with Crippen LogP contribution in [0.3, 0.4) is 0 Å². The van der Waals surface area contributed by atoms with Gasteiger partial charge in [-0.1, -0.05) is 23.5 Å². The second-order valence-electron chi connectivity index (χ2n) is 8.96. The molecule has 0 saturated carbocycles. The number of sulfone groups is 1. The van der Waals surface area contributed by atoms with E-state index < -0.39 is 9.84 Å². The summed E-state index contributed by atoms with van der Waals surface area (Å²) < 4.78 is 30.8. The third kappa shape index (κ3) is 5.74. The molecule has 0 aliphatic carbocycles. The lowest BCUT2D eigenvalue weighted by Crippen LogP contribution is -2.43. The van der Waals surface area contributed by atoms with Crippen molar-refractivity contribution < 1.29 is 27.5 Å². The Balaban J connectivity index is 0.00000336. The predicted molar refractivity (Wildman–Crippen MR) is 147 cm³/mol. The number of hydrogen-bond donors (Lipinski definition) is 0. The molecule has 2 fully saturated rings. The number of nitrogens with zero attached hydrogens (tertiary/aromatic N) is 4. The number of carbonyl (C=O) groups is 3. The molecule has 0 unspecified atom stereocenters. The lowest BCUT2D eigenvalue weighted by Gasteiger charge is -2.29. The molecule has 2 aliphatic heterocycles. The number of carbonyl (C=O) groups excluding carboxylic acids is 3. The van der Waals surface area contributed by atoms with Crippen LogP contribution in [0.25, 0.3) is 10.2 Å². The molecular weight excluding hydrogens is 552 g/mol. The molecule has 0 spiro atoms. The first-order chi connectivity index (χ1) is 17.7. The highest BCUT2D eigenvalue weighted by Gasteiger charge is 2.31. The van der Waals surface area contributed by atoms with Gasteiger partial charge in [-0.2, -0.15) is 0 Å². The molecule has 1 aromatic heterocycles. The summed E-state index contributed by atoms with van der Waals surface area (Å²) in [6, 6.07) is 11.4. The maximum Gasteiger partial charge on any atom is 0.260 e. The van der Waals surface area contributed by atoms with E-state index >= 15 is 0 Å². The normalized spacial score (nSPS) is 16.6. The van der Waals surface area contributed by atoms with Crippen LogP contribution >= 0.6 is 23.7 Å². The maximum atomic E-state index is 13.8. The van der Waals surface area contributed by atoms with E-state index in [0.29, 0.717) is 52.9 Å². The summed E-state index contributed by atoms with van der Waals surface area (Å²) in [6.45, 7) is 3.62. The summed E-state index contributed by atoms with van der Waals surface area (Å²) in [7, 11) is -3.52. The first-order valence-electron chi connectivity index (χ1n) is 11.9. The van der Waals surface area contributed by atoms with Crippen molar-refractivity contribution in [1.29, 1.82) is 0 Å². The number of aromatic nitrogens is 1. The Hall–Kier alpha value is -2.90. The van der Waals surface area contributed by atoms with E-state index in [1.165, 1.54) is 17.4 Å². The number of thiazole rings is 1. The molecule has 10 nitrogen and oxygen atoms in total. The summed E-state index contributed by atoms with van der Waals surface area (Å²) >= 11 is 1.24. The van der Waals surface area contributed by atoms with Gasteiger partial charge in [0.1, 0.15) is 5.52 Å². The largest absolute Gasteiger partial charge is 0.379 e. The van der Waals surface area contributed by atoms with Gasteiger partial charge in [-0.15, -0.1) is 12.4 Å². The second-order valence-corrected chi connectivity index (χ2v) is 11.9. The van der Waals surface area contributed by atoms with Crippen LogP contribution in [0.15, 0.2) is 47.4 Å². The van der Waals surface area contributed by atoms with Gasteiger partial charge in [-0.3, -0.25) is 29.1 Å². The van der Waals surface area contributed by atoms with Crippen molar-refractivity contribution in [2.45, 2.75) is 17.7 Å². The number of imide groups is 1. The van der Waals surface area contributed by atoms with Crippen LogP contribution in [0.4, 0.5) is 10.8 Å². The van der Waals surface area contributed by atoms with Crippen molar-refractivity contribution in [3.8, 4) is 0 Å².